The van der Waals surface area contributed by atoms with E-state index in [1.807, 2.05) is 30.3 Å². The van der Waals surface area contributed by atoms with E-state index < -0.39 is 5.54 Å². The van der Waals surface area contributed by atoms with E-state index in [0.717, 1.165) is 31.5 Å². The van der Waals surface area contributed by atoms with Gasteiger partial charge in [0.1, 0.15) is 5.54 Å². The third-order valence-electron chi connectivity index (χ3n) is 5.08. The number of likely N-dealkylation sites (N-methyl/N-ethyl adjacent to an activating group) is 1. The Balaban J connectivity index is 1.73. The molecule has 1 aromatic rings. The van der Waals surface area contributed by atoms with Crippen LogP contribution in [0.25, 0.3) is 0 Å². The van der Waals surface area contributed by atoms with Crippen molar-refractivity contribution in [3.63, 3.8) is 0 Å². The molecule has 2 aliphatic rings. The third kappa shape index (κ3) is 2.39. The molecule has 2 heterocycles. The Bertz CT molecular complexity index is 565. The van der Waals surface area contributed by atoms with Crippen LogP contribution in [0, 0.1) is 0 Å². The van der Waals surface area contributed by atoms with Crippen LogP contribution >= 0.6 is 0 Å². The minimum absolute atomic E-state index is 0.0102. The summed E-state index contributed by atoms with van der Waals surface area (Å²) in [5.74, 6) is -0.0102. The molecule has 0 unspecified atom stereocenters. The van der Waals surface area contributed by atoms with Crippen molar-refractivity contribution in [1.29, 1.82) is 0 Å². The van der Waals surface area contributed by atoms with Crippen molar-refractivity contribution in [2.45, 2.75) is 24.8 Å². The molecule has 0 saturated carbocycles. The smallest absolute Gasteiger partial charge is 0.312 e. The van der Waals surface area contributed by atoms with Crippen molar-refractivity contribution in [2.75, 3.05) is 33.7 Å². The Labute approximate surface area is 131 Å². The molecule has 0 aliphatic carbocycles. The van der Waals surface area contributed by atoms with E-state index in [2.05, 4.69) is 11.9 Å². The van der Waals surface area contributed by atoms with E-state index in [9.17, 15) is 9.59 Å². The predicted octanol–water partition coefficient (Wildman–Crippen LogP) is 1.59. The number of urea groups is 1. The van der Waals surface area contributed by atoms with Gasteiger partial charge in [0.25, 0.3) is 5.91 Å². The molecule has 0 bridgehead atoms. The lowest BCUT2D eigenvalue weighted by Crippen LogP contribution is -2.54. The molecule has 0 atom stereocenters. The van der Waals surface area contributed by atoms with Gasteiger partial charge in [-0.05, 0) is 31.9 Å². The molecule has 5 nitrogen and oxygen atoms in total. The van der Waals surface area contributed by atoms with Crippen molar-refractivity contribution < 1.29 is 9.59 Å². The van der Waals surface area contributed by atoms with E-state index in [0.29, 0.717) is 13.0 Å². The number of nitrogens with zero attached hydrogens (tertiary/aromatic N) is 3. The van der Waals surface area contributed by atoms with Gasteiger partial charge >= 0.3 is 6.03 Å². The fourth-order valence-corrected chi connectivity index (χ4v) is 3.47. The van der Waals surface area contributed by atoms with Gasteiger partial charge in [-0.3, -0.25) is 9.69 Å². The first-order valence-electron chi connectivity index (χ1n) is 7.87. The van der Waals surface area contributed by atoms with Gasteiger partial charge in [-0.1, -0.05) is 30.3 Å². The van der Waals surface area contributed by atoms with Crippen LogP contribution in [0.5, 0.6) is 0 Å². The van der Waals surface area contributed by atoms with Gasteiger partial charge in [-0.15, -0.1) is 0 Å². The van der Waals surface area contributed by atoms with Crippen LogP contribution in [-0.2, 0) is 11.2 Å². The van der Waals surface area contributed by atoms with Crippen molar-refractivity contribution >= 4 is 11.9 Å². The second kappa shape index (κ2) is 5.72. The zero-order valence-corrected chi connectivity index (χ0v) is 13.3. The number of carbonyl (C=O) groups is 2. The molecule has 1 spiro atoms. The van der Waals surface area contributed by atoms with Gasteiger partial charge in [0.15, 0.2) is 0 Å². The number of imide groups is 1. The molecular formula is C17H23N3O2. The maximum Gasteiger partial charge on any atom is 0.327 e. The van der Waals surface area contributed by atoms with Gasteiger partial charge in [-0.25, -0.2) is 4.79 Å². The van der Waals surface area contributed by atoms with Gasteiger partial charge in [0.05, 0.1) is 0 Å². The topological polar surface area (TPSA) is 43.9 Å². The summed E-state index contributed by atoms with van der Waals surface area (Å²) in [5, 5.41) is 0. The normalized spacial score (nSPS) is 21.9. The number of benzene rings is 1. The van der Waals surface area contributed by atoms with Crippen molar-refractivity contribution in [3.8, 4) is 0 Å². The van der Waals surface area contributed by atoms with Crippen LogP contribution in [0.3, 0.4) is 0 Å². The largest absolute Gasteiger partial charge is 0.327 e. The maximum absolute atomic E-state index is 12.9. The first-order valence-corrected chi connectivity index (χ1v) is 7.87. The van der Waals surface area contributed by atoms with Crippen LogP contribution in [0.4, 0.5) is 4.79 Å². The summed E-state index contributed by atoms with van der Waals surface area (Å²) in [6.07, 6.45) is 2.17. The highest BCUT2D eigenvalue weighted by molar-refractivity contribution is 6.07. The molecule has 2 fully saturated rings. The molecule has 2 aliphatic heterocycles. The van der Waals surface area contributed by atoms with Crippen molar-refractivity contribution in [2.24, 2.45) is 0 Å². The van der Waals surface area contributed by atoms with Gasteiger partial charge in [0, 0.05) is 26.7 Å². The highest BCUT2D eigenvalue weighted by Gasteiger charge is 2.55. The predicted molar refractivity (Wildman–Crippen MR) is 84.5 cm³/mol. The highest BCUT2D eigenvalue weighted by Crippen LogP contribution is 2.35. The number of carbonyl (C=O) groups excluding carboxylic acids is 2. The monoisotopic (exact) mass is 301 g/mol. The van der Waals surface area contributed by atoms with E-state index in [1.165, 1.54) is 4.90 Å². The molecular weight excluding hydrogens is 278 g/mol. The first-order chi connectivity index (χ1) is 10.5. The minimum Gasteiger partial charge on any atom is -0.312 e. The number of piperidine rings is 1. The summed E-state index contributed by atoms with van der Waals surface area (Å²) in [4.78, 5) is 30.7. The lowest BCUT2D eigenvalue weighted by molar-refractivity contribution is -0.135. The average molecular weight is 301 g/mol. The number of hydrogen-bond donors (Lipinski definition) is 0. The quantitative estimate of drug-likeness (QED) is 0.796. The van der Waals surface area contributed by atoms with Gasteiger partial charge in [0.2, 0.25) is 0 Å². The summed E-state index contributed by atoms with van der Waals surface area (Å²) in [7, 11) is 3.83. The lowest BCUT2D eigenvalue weighted by atomic mass is 9.86. The summed E-state index contributed by atoms with van der Waals surface area (Å²) < 4.78 is 0. The number of hydrogen-bond acceptors (Lipinski definition) is 3. The number of rotatable bonds is 3. The van der Waals surface area contributed by atoms with Crippen molar-refractivity contribution in [3.05, 3.63) is 35.9 Å². The van der Waals surface area contributed by atoms with E-state index in [-0.39, 0.29) is 11.9 Å². The third-order valence-corrected chi connectivity index (χ3v) is 5.08. The molecule has 2 saturated heterocycles. The zero-order chi connectivity index (χ0) is 15.7. The van der Waals surface area contributed by atoms with Gasteiger partial charge in [-0.2, -0.15) is 0 Å². The second-order valence-electron chi connectivity index (χ2n) is 6.37. The Morgan fingerprint density at radius 2 is 1.68 bits per heavy atom. The molecule has 0 N–H and O–H groups in total. The van der Waals surface area contributed by atoms with Crippen LogP contribution in [0.15, 0.2) is 30.3 Å². The summed E-state index contributed by atoms with van der Waals surface area (Å²) >= 11 is 0. The molecule has 5 heteroatoms. The Hall–Kier alpha value is -1.88. The van der Waals surface area contributed by atoms with Crippen LogP contribution < -0.4 is 0 Å². The summed E-state index contributed by atoms with van der Waals surface area (Å²) in [6, 6.07) is 9.84. The van der Waals surface area contributed by atoms with Gasteiger partial charge < -0.3 is 9.80 Å². The Kier molecular flexibility index (Phi) is 3.91. The number of likely N-dealkylation sites (tertiary alicyclic amines) is 1. The van der Waals surface area contributed by atoms with Crippen LogP contribution in [-0.4, -0.2) is 65.9 Å². The average Bonchev–Trinajstić information content (AvgIpc) is 2.71. The standard InChI is InChI=1S/C17H23N3O2/c1-18-12-9-17(10-13-18)15(21)20(16(22)19(17)2)11-8-14-6-4-3-5-7-14/h3-7H,8-13H2,1-2H3. The molecule has 3 rings (SSSR count). The first kappa shape index (κ1) is 15.0. The van der Waals surface area contributed by atoms with Crippen LogP contribution in [0.1, 0.15) is 18.4 Å². The maximum atomic E-state index is 12.9. The Morgan fingerprint density at radius 3 is 2.32 bits per heavy atom. The van der Waals surface area contributed by atoms with E-state index in [4.69, 9.17) is 0 Å². The lowest BCUT2D eigenvalue weighted by Gasteiger charge is -2.39. The minimum atomic E-state index is -0.611. The van der Waals surface area contributed by atoms with Crippen molar-refractivity contribution in [1.82, 2.24) is 14.7 Å². The molecule has 1 aromatic carbocycles. The molecule has 0 aromatic heterocycles. The molecule has 118 valence electrons. The highest BCUT2D eigenvalue weighted by atomic mass is 16.2. The molecule has 22 heavy (non-hydrogen) atoms. The summed E-state index contributed by atoms with van der Waals surface area (Å²) in [5.41, 5.74) is 0.537. The zero-order valence-electron chi connectivity index (χ0n) is 13.3. The van der Waals surface area contributed by atoms with Crippen LogP contribution in [0.2, 0.25) is 0 Å². The second-order valence-corrected chi connectivity index (χ2v) is 6.37. The molecule has 3 amide bonds. The molecule has 0 radical (unpaired) electrons. The SMILES string of the molecule is CN1CCC2(CC1)C(=O)N(CCc1ccccc1)C(=O)N2C. The van der Waals surface area contributed by atoms with E-state index in [1.54, 1.807) is 11.9 Å². The van der Waals surface area contributed by atoms with E-state index >= 15 is 0 Å². The Morgan fingerprint density at radius 1 is 1.05 bits per heavy atom. The number of amides is 3. The fourth-order valence-electron chi connectivity index (χ4n) is 3.47. The fraction of sp³-hybridized carbons (Fsp3) is 0.529. The summed E-state index contributed by atoms with van der Waals surface area (Å²) in [6.45, 7) is 2.18.